The Bertz CT molecular complexity index is 388. The number of phosphoric acid groups is 1. The highest BCUT2D eigenvalue weighted by Gasteiger charge is 2.39. The molecule has 0 atom stereocenters. The summed E-state index contributed by atoms with van der Waals surface area (Å²) in [5.74, 6) is 0.491. The van der Waals surface area contributed by atoms with Crippen LogP contribution in [0.2, 0.25) is 0 Å². The second-order valence-corrected chi connectivity index (χ2v) is 6.16. The predicted molar refractivity (Wildman–Crippen MR) is 60.4 cm³/mol. The second kappa shape index (κ2) is 4.21. The summed E-state index contributed by atoms with van der Waals surface area (Å²) < 4.78 is 27.7. The van der Waals surface area contributed by atoms with Crippen molar-refractivity contribution in [2.45, 2.75) is 13.8 Å². The third-order valence-electron chi connectivity index (χ3n) is 2.19. The van der Waals surface area contributed by atoms with E-state index in [2.05, 4.69) is 0 Å². The molecule has 0 aromatic heterocycles. The van der Waals surface area contributed by atoms with Gasteiger partial charge in [-0.25, -0.2) is 4.57 Å². The Morgan fingerprint density at radius 1 is 1.19 bits per heavy atom. The molecule has 2 rings (SSSR count). The number of hydrogen-bond acceptors (Lipinski definition) is 4. The first-order chi connectivity index (χ1) is 7.49. The molecule has 1 aliphatic heterocycles. The number of phosphoric ester groups is 1. The molecule has 0 radical (unpaired) electrons. The minimum atomic E-state index is -3.42. The third kappa shape index (κ3) is 2.85. The van der Waals surface area contributed by atoms with E-state index in [1.54, 1.807) is 24.3 Å². The van der Waals surface area contributed by atoms with Crippen LogP contribution in [0.15, 0.2) is 30.3 Å². The molecule has 4 nitrogen and oxygen atoms in total. The first-order valence-electron chi connectivity index (χ1n) is 5.13. The molecule has 1 fully saturated rings. The van der Waals surface area contributed by atoms with Gasteiger partial charge in [0.2, 0.25) is 0 Å². The zero-order chi connectivity index (χ0) is 11.6. The highest BCUT2D eigenvalue weighted by atomic mass is 31.2. The number of para-hydroxylation sites is 1. The second-order valence-electron chi connectivity index (χ2n) is 4.56. The molecule has 5 heteroatoms. The van der Waals surface area contributed by atoms with Gasteiger partial charge in [0.1, 0.15) is 5.75 Å². The summed E-state index contributed by atoms with van der Waals surface area (Å²) >= 11 is 0. The van der Waals surface area contributed by atoms with Gasteiger partial charge in [0.15, 0.2) is 0 Å². The van der Waals surface area contributed by atoms with Gasteiger partial charge in [0.05, 0.1) is 13.2 Å². The maximum Gasteiger partial charge on any atom is 0.530 e. The van der Waals surface area contributed by atoms with Gasteiger partial charge < -0.3 is 4.52 Å². The molecule has 0 bridgehead atoms. The number of benzene rings is 1. The van der Waals surface area contributed by atoms with Crippen molar-refractivity contribution in [1.82, 2.24) is 0 Å². The molecule has 1 saturated heterocycles. The van der Waals surface area contributed by atoms with Crippen molar-refractivity contribution in [2.24, 2.45) is 5.41 Å². The van der Waals surface area contributed by atoms with Crippen molar-refractivity contribution in [3.8, 4) is 5.75 Å². The van der Waals surface area contributed by atoms with E-state index in [0.29, 0.717) is 19.0 Å². The lowest BCUT2D eigenvalue weighted by molar-refractivity contribution is 0.0182. The molecule has 0 amide bonds. The largest absolute Gasteiger partial charge is 0.530 e. The maximum atomic E-state index is 12.0. The molecule has 1 heterocycles. The summed E-state index contributed by atoms with van der Waals surface area (Å²) in [5, 5.41) is 0. The summed E-state index contributed by atoms with van der Waals surface area (Å²) in [6.07, 6.45) is 0. The van der Waals surface area contributed by atoms with E-state index in [0.717, 1.165) is 0 Å². The quantitative estimate of drug-likeness (QED) is 0.747. The molecule has 16 heavy (non-hydrogen) atoms. The van der Waals surface area contributed by atoms with Gasteiger partial charge in [0, 0.05) is 5.41 Å². The topological polar surface area (TPSA) is 44.8 Å². The van der Waals surface area contributed by atoms with Crippen molar-refractivity contribution in [3.05, 3.63) is 30.3 Å². The van der Waals surface area contributed by atoms with E-state index in [1.165, 1.54) is 0 Å². The van der Waals surface area contributed by atoms with Crippen LogP contribution in [-0.2, 0) is 13.6 Å². The molecular weight excluding hydrogens is 227 g/mol. The summed E-state index contributed by atoms with van der Waals surface area (Å²) in [5.41, 5.74) is -0.117. The van der Waals surface area contributed by atoms with Gasteiger partial charge >= 0.3 is 7.82 Å². The van der Waals surface area contributed by atoms with Gasteiger partial charge in [-0.05, 0) is 12.1 Å². The molecule has 0 saturated carbocycles. The summed E-state index contributed by atoms with van der Waals surface area (Å²) in [4.78, 5) is 0. The van der Waals surface area contributed by atoms with Crippen LogP contribution in [0.5, 0.6) is 5.75 Å². The molecular formula is C11H15O4P. The Morgan fingerprint density at radius 3 is 2.31 bits per heavy atom. The minimum absolute atomic E-state index is 0.117. The van der Waals surface area contributed by atoms with Crippen LogP contribution >= 0.6 is 7.82 Å². The molecule has 0 unspecified atom stereocenters. The monoisotopic (exact) mass is 242 g/mol. The highest BCUT2D eigenvalue weighted by molar-refractivity contribution is 7.49. The van der Waals surface area contributed by atoms with E-state index in [9.17, 15) is 4.57 Å². The van der Waals surface area contributed by atoms with Gasteiger partial charge in [-0.1, -0.05) is 32.0 Å². The summed E-state index contributed by atoms with van der Waals surface area (Å²) in [7, 11) is -3.42. The average molecular weight is 242 g/mol. The van der Waals surface area contributed by atoms with E-state index >= 15 is 0 Å². The molecule has 88 valence electrons. The van der Waals surface area contributed by atoms with Crippen molar-refractivity contribution in [1.29, 1.82) is 0 Å². The first kappa shape index (κ1) is 11.6. The Balaban J connectivity index is 2.03. The van der Waals surface area contributed by atoms with Crippen molar-refractivity contribution in [2.75, 3.05) is 13.2 Å². The highest BCUT2D eigenvalue weighted by Crippen LogP contribution is 2.54. The van der Waals surface area contributed by atoms with Crippen molar-refractivity contribution < 1.29 is 18.1 Å². The van der Waals surface area contributed by atoms with Crippen LogP contribution in [0.1, 0.15) is 13.8 Å². The van der Waals surface area contributed by atoms with E-state index < -0.39 is 7.82 Å². The Kier molecular flexibility index (Phi) is 3.06. The van der Waals surface area contributed by atoms with Crippen LogP contribution in [0.25, 0.3) is 0 Å². The third-order valence-corrected chi connectivity index (χ3v) is 3.51. The number of hydrogen-bond donors (Lipinski definition) is 0. The van der Waals surface area contributed by atoms with Gasteiger partial charge in [-0.15, -0.1) is 0 Å². The van der Waals surface area contributed by atoms with Crippen LogP contribution in [-0.4, -0.2) is 13.2 Å². The fraction of sp³-hybridized carbons (Fsp3) is 0.455. The zero-order valence-electron chi connectivity index (χ0n) is 9.38. The lowest BCUT2D eigenvalue weighted by Gasteiger charge is -2.32. The molecule has 0 N–H and O–H groups in total. The predicted octanol–water partition coefficient (Wildman–Crippen LogP) is 3.25. The Hall–Kier alpha value is -0.830. The van der Waals surface area contributed by atoms with Crippen LogP contribution in [0.4, 0.5) is 0 Å². The molecule has 0 aliphatic carbocycles. The van der Waals surface area contributed by atoms with Crippen molar-refractivity contribution in [3.63, 3.8) is 0 Å². The van der Waals surface area contributed by atoms with E-state index in [1.807, 2.05) is 19.9 Å². The smallest absolute Gasteiger partial charge is 0.404 e. The Labute approximate surface area is 95.1 Å². The first-order valence-corrected chi connectivity index (χ1v) is 6.59. The Morgan fingerprint density at radius 2 is 1.75 bits per heavy atom. The fourth-order valence-electron chi connectivity index (χ4n) is 1.25. The SMILES string of the molecule is CC1(C)COP(=O)(Oc2ccccc2)OC1. The van der Waals surface area contributed by atoms with Gasteiger partial charge in [-0.3, -0.25) is 9.05 Å². The maximum absolute atomic E-state index is 12.0. The summed E-state index contributed by atoms with van der Waals surface area (Å²) in [6, 6.07) is 8.89. The lowest BCUT2D eigenvalue weighted by atomic mass is 9.97. The zero-order valence-corrected chi connectivity index (χ0v) is 10.3. The molecule has 1 aromatic carbocycles. The van der Waals surface area contributed by atoms with Crippen LogP contribution < -0.4 is 4.52 Å². The molecule has 0 spiro atoms. The van der Waals surface area contributed by atoms with Crippen LogP contribution in [0.3, 0.4) is 0 Å². The minimum Gasteiger partial charge on any atom is -0.404 e. The van der Waals surface area contributed by atoms with Crippen LogP contribution in [0, 0.1) is 5.41 Å². The van der Waals surface area contributed by atoms with E-state index in [-0.39, 0.29) is 5.41 Å². The number of rotatable bonds is 2. The summed E-state index contributed by atoms with van der Waals surface area (Å²) in [6.45, 7) is 4.71. The standard InChI is InChI=1S/C11H15O4P/c1-11(2)8-13-16(12,14-9-11)15-10-6-4-3-5-7-10/h3-7H,8-9H2,1-2H3. The molecule has 1 aromatic rings. The van der Waals surface area contributed by atoms with Crippen molar-refractivity contribution >= 4 is 7.82 Å². The fourth-order valence-corrected chi connectivity index (χ4v) is 2.82. The van der Waals surface area contributed by atoms with Gasteiger partial charge in [0.25, 0.3) is 0 Å². The average Bonchev–Trinajstić information content (AvgIpc) is 2.25. The normalized spacial score (nSPS) is 22.6. The van der Waals surface area contributed by atoms with Gasteiger partial charge in [-0.2, -0.15) is 0 Å². The lowest BCUT2D eigenvalue weighted by Crippen LogP contribution is -2.30. The van der Waals surface area contributed by atoms with E-state index in [4.69, 9.17) is 13.6 Å². The molecule has 1 aliphatic rings.